The van der Waals surface area contributed by atoms with E-state index in [9.17, 15) is 14.7 Å². The number of aromatic nitrogens is 1. The summed E-state index contributed by atoms with van der Waals surface area (Å²) in [5.74, 6) is -0.138. The molecule has 214 valence electrons. The second-order valence-electron chi connectivity index (χ2n) is 13.0. The average molecular weight is 548 g/mol. The van der Waals surface area contributed by atoms with Gasteiger partial charge >= 0.3 is 7.12 Å². The zero-order chi connectivity index (χ0) is 28.8. The van der Waals surface area contributed by atoms with Crippen LogP contribution in [0.1, 0.15) is 71.3 Å². The molecule has 2 heterocycles. The lowest BCUT2D eigenvalue weighted by Crippen LogP contribution is -2.65. The number of hydrogen-bond donors (Lipinski definition) is 3. The van der Waals surface area contributed by atoms with Gasteiger partial charge in [0.25, 0.3) is 5.91 Å². The maximum atomic E-state index is 13.5. The van der Waals surface area contributed by atoms with Crippen LogP contribution in [0.25, 0.3) is 11.3 Å². The summed E-state index contributed by atoms with van der Waals surface area (Å²) in [5, 5.41) is 16.3. The molecule has 2 aromatic rings. The number of pyridine rings is 1. The third-order valence-corrected chi connectivity index (χ3v) is 9.45. The predicted octanol–water partition coefficient (Wildman–Crippen LogP) is 4.03. The van der Waals surface area contributed by atoms with Crippen LogP contribution in [0.2, 0.25) is 0 Å². The van der Waals surface area contributed by atoms with Gasteiger partial charge in [0.15, 0.2) is 0 Å². The number of carbonyl (C=O) groups excluding carboxylic acids is 2. The fourth-order valence-electron chi connectivity index (χ4n) is 7.04. The van der Waals surface area contributed by atoms with Crippen molar-refractivity contribution in [2.24, 2.45) is 23.2 Å². The van der Waals surface area contributed by atoms with Crippen molar-refractivity contribution >= 4 is 18.9 Å². The van der Waals surface area contributed by atoms with Gasteiger partial charge in [0.2, 0.25) is 5.91 Å². The Morgan fingerprint density at radius 3 is 2.42 bits per heavy atom. The number of nitrogens with one attached hydrogen (secondary N) is 2. The molecule has 0 spiro atoms. The van der Waals surface area contributed by atoms with Crippen LogP contribution in [0.3, 0.4) is 0 Å². The Balaban J connectivity index is 1.29. The molecule has 3 saturated carbocycles. The third kappa shape index (κ3) is 5.31. The van der Waals surface area contributed by atoms with Gasteiger partial charge < -0.3 is 25.0 Å². The van der Waals surface area contributed by atoms with Crippen LogP contribution in [0.5, 0.6) is 0 Å². The molecular formula is C31H42BN3O5. The number of nitrogens with zero attached hydrogens (tertiary/aromatic N) is 1. The van der Waals surface area contributed by atoms with Gasteiger partial charge in [-0.25, -0.2) is 4.98 Å². The second kappa shape index (κ2) is 10.9. The number of aliphatic hydroxyl groups excluding tert-OH is 1. The Morgan fingerprint density at radius 1 is 1.05 bits per heavy atom. The summed E-state index contributed by atoms with van der Waals surface area (Å²) in [5.41, 5.74) is 1.52. The molecular weight excluding hydrogens is 505 g/mol. The van der Waals surface area contributed by atoms with Crippen LogP contribution in [0.4, 0.5) is 0 Å². The number of benzene rings is 1. The number of amides is 2. The van der Waals surface area contributed by atoms with Crippen molar-refractivity contribution < 1.29 is 24.0 Å². The molecule has 3 aliphatic carbocycles. The molecule has 4 aliphatic rings. The van der Waals surface area contributed by atoms with E-state index in [0.717, 1.165) is 18.4 Å². The van der Waals surface area contributed by atoms with E-state index in [4.69, 9.17) is 9.31 Å². The Hall–Kier alpha value is -2.75. The number of carbonyl (C=O) groups is 2. The molecule has 2 amide bonds. The summed E-state index contributed by atoms with van der Waals surface area (Å²) in [6, 6.07) is 13.6. The van der Waals surface area contributed by atoms with Crippen molar-refractivity contribution in [2.45, 2.75) is 90.6 Å². The summed E-state index contributed by atoms with van der Waals surface area (Å²) < 4.78 is 13.1. The average Bonchev–Trinajstić information content (AvgIpc) is 3.28. The molecule has 1 unspecified atom stereocenters. The number of rotatable bonds is 9. The van der Waals surface area contributed by atoms with E-state index in [1.165, 1.54) is 6.92 Å². The van der Waals surface area contributed by atoms with E-state index in [1.807, 2.05) is 36.4 Å². The maximum absolute atomic E-state index is 13.5. The van der Waals surface area contributed by atoms with Gasteiger partial charge in [-0.1, -0.05) is 64.1 Å². The van der Waals surface area contributed by atoms with Crippen LogP contribution in [0.15, 0.2) is 48.5 Å². The first-order valence-corrected chi connectivity index (χ1v) is 14.5. The van der Waals surface area contributed by atoms with E-state index >= 15 is 0 Å². The van der Waals surface area contributed by atoms with Gasteiger partial charge in [0, 0.05) is 5.56 Å². The van der Waals surface area contributed by atoms with Gasteiger partial charge in [-0.05, 0) is 68.4 Å². The molecule has 7 atom stereocenters. The molecule has 40 heavy (non-hydrogen) atoms. The minimum absolute atomic E-state index is 0.00364. The lowest BCUT2D eigenvalue weighted by molar-refractivity contribution is -0.199. The third-order valence-electron chi connectivity index (χ3n) is 9.45. The fourth-order valence-corrected chi connectivity index (χ4v) is 7.04. The molecule has 6 rings (SSSR count). The Labute approximate surface area is 237 Å². The Bertz CT molecular complexity index is 1240. The number of aliphatic hydroxyl groups is 1. The molecule has 8 nitrogen and oxygen atoms in total. The molecule has 1 aromatic heterocycles. The van der Waals surface area contributed by atoms with Crippen molar-refractivity contribution in [2.75, 3.05) is 0 Å². The van der Waals surface area contributed by atoms with Crippen molar-refractivity contribution in [3.05, 3.63) is 54.2 Å². The second-order valence-corrected chi connectivity index (χ2v) is 13.0. The van der Waals surface area contributed by atoms with Crippen LogP contribution >= 0.6 is 0 Å². The summed E-state index contributed by atoms with van der Waals surface area (Å²) in [6.45, 7) is 12.5. The Kier molecular flexibility index (Phi) is 7.85. The monoisotopic (exact) mass is 547 g/mol. The van der Waals surface area contributed by atoms with Gasteiger partial charge in [0.05, 0.1) is 29.4 Å². The first-order valence-electron chi connectivity index (χ1n) is 14.5. The summed E-state index contributed by atoms with van der Waals surface area (Å²) in [6.07, 6.45) is 1.61. The van der Waals surface area contributed by atoms with E-state index in [-0.39, 0.29) is 23.1 Å². The number of hydrogen-bond acceptors (Lipinski definition) is 6. The summed E-state index contributed by atoms with van der Waals surface area (Å²) in [4.78, 5) is 31.2. The van der Waals surface area contributed by atoms with E-state index in [0.29, 0.717) is 24.0 Å². The lowest BCUT2D eigenvalue weighted by atomic mass is 9.43. The van der Waals surface area contributed by atoms with E-state index in [2.05, 4.69) is 50.2 Å². The highest BCUT2D eigenvalue weighted by atomic mass is 16.7. The fraction of sp³-hybridized carbons (Fsp3) is 0.581. The normalized spacial score (nSPS) is 28.7. The standard InChI is InChI=1S/C31H42BN3O5/c1-18(2)15-26(32-39-25-17-21-16-24(30(21,4)5)31(25,6)40-32)34-29(38)27(19(3)36)35-28(37)23-14-10-13-22(33-23)20-11-8-7-9-12-20/h7-14,18-19,21,24-27,36H,15-17H2,1-6H3,(H,34,38)(H,35,37)/t19-,21+,24+,25?,26+,27+,31+/m1/s1. The zero-order valence-electron chi connectivity index (χ0n) is 24.4. The summed E-state index contributed by atoms with van der Waals surface area (Å²) in [7, 11) is -0.592. The van der Waals surface area contributed by atoms with Crippen LogP contribution in [0, 0.1) is 23.2 Å². The molecule has 1 aromatic carbocycles. The topological polar surface area (TPSA) is 110 Å². The highest BCUT2D eigenvalue weighted by Gasteiger charge is 2.68. The van der Waals surface area contributed by atoms with Gasteiger partial charge in [-0.15, -0.1) is 0 Å². The van der Waals surface area contributed by atoms with Crippen molar-refractivity contribution in [1.29, 1.82) is 0 Å². The first-order chi connectivity index (χ1) is 18.9. The lowest BCUT2D eigenvalue weighted by Gasteiger charge is -2.64. The minimum Gasteiger partial charge on any atom is -0.404 e. The molecule has 1 aliphatic heterocycles. The zero-order valence-corrected chi connectivity index (χ0v) is 24.4. The molecule has 3 N–H and O–H groups in total. The molecule has 4 fully saturated rings. The van der Waals surface area contributed by atoms with Crippen molar-refractivity contribution in [3.63, 3.8) is 0 Å². The van der Waals surface area contributed by atoms with Gasteiger partial charge in [-0.2, -0.15) is 0 Å². The molecule has 1 saturated heterocycles. The maximum Gasteiger partial charge on any atom is 0.481 e. The summed E-state index contributed by atoms with van der Waals surface area (Å²) >= 11 is 0. The van der Waals surface area contributed by atoms with Gasteiger partial charge in [-0.3, -0.25) is 9.59 Å². The van der Waals surface area contributed by atoms with Gasteiger partial charge in [0.1, 0.15) is 11.7 Å². The predicted molar refractivity (Wildman–Crippen MR) is 154 cm³/mol. The Morgan fingerprint density at radius 2 is 1.77 bits per heavy atom. The van der Waals surface area contributed by atoms with Crippen molar-refractivity contribution in [1.82, 2.24) is 15.6 Å². The van der Waals surface area contributed by atoms with Crippen LogP contribution < -0.4 is 10.6 Å². The first kappa shape index (κ1) is 28.8. The van der Waals surface area contributed by atoms with Crippen LogP contribution in [-0.2, 0) is 14.1 Å². The molecule has 0 radical (unpaired) electrons. The molecule has 9 heteroatoms. The minimum atomic E-state index is -1.17. The quantitative estimate of drug-likeness (QED) is 0.409. The van der Waals surface area contributed by atoms with Crippen LogP contribution in [-0.4, -0.2) is 58.8 Å². The van der Waals surface area contributed by atoms with E-state index < -0.39 is 42.6 Å². The van der Waals surface area contributed by atoms with E-state index in [1.54, 1.807) is 12.1 Å². The molecule has 2 bridgehead atoms. The SMILES string of the molecule is CC(C)C[C@H](NC(=O)[C@@H](NC(=O)c1cccc(-c2ccccc2)n1)[C@@H](C)O)B1OC2C[C@@H]3C[C@@H](C3(C)C)[C@]2(C)O1. The largest absolute Gasteiger partial charge is 0.481 e. The highest BCUT2D eigenvalue weighted by molar-refractivity contribution is 6.48. The smallest absolute Gasteiger partial charge is 0.404 e. The van der Waals surface area contributed by atoms with Crippen molar-refractivity contribution in [3.8, 4) is 11.3 Å². The highest BCUT2D eigenvalue weighted by Crippen LogP contribution is 2.65.